The van der Waals surface area contributed by atoms with Gasteiger partial charge in [-0.05, 0) is 48.4 Å². The van der Waals surface area contributed by atoms with E-state index in [0.29, 0.717) is 5.88 Å². The van der Waals surface area contributed by atoms with Gasteiger partial charge in [0.2, 0.25) is 5.88 Å². The van der Waals surface area contributed by atoms with Gasteiger partial charge in [0, 0.05) is 11.1 Å². The van der Waals surface area contributed by atoms with Crippen LogP contribution in [0.4, 0.5) is 0 Å². The van der Waals surface area contributed by atoms with Crippen molar-refractivity contribution >= 4 is 0 Å². The minimum absolute atomic E-state index is 0.602. The van der Waals surface area contributed by atoms with E-state index >= 15 is 0 Å². The second-order valence-corrected chi connectivity index (χ2v) is 6.49. The summed E-state index contributed by atoms with van der Waals surface area (Å²) >= 11 is 0. The molecule has 0 atom stereocenters. The van der Waals surface area contributed by atoms with Gasteiger partial charge in [0.1, 0.15) is 11.5 Å². The van der Waals surface area contributed by atoms with E-state index in [-0.39, 0.29) is 0 Å². The molecule has 0 amide bonds. The summed E-state index contributed by atoms with van der Waals surface area (Å²) in [7, 11) is 1.65. The van der Waals surface area contributed by atoms with Gasteiger partial charge in [-0.1, -0.05) is 60.7 Å². The fraction of sp³-hybridized carbons (Fsp3) is 0.0800. The largest absolute Gasteiger partial charge is 0.497 e. The first-order valence-electron chi connectivity index (χ1n) is 9.19. The van der Waals surface area contributed by atoms with E-state index in [1.807, 2.05) is 67.6 Å². The average molecular weight is 367 g/mol. The van der Waals surface area contributed by atoms with Crippen molar-refractivity contribution in [2.24, 2.45) is 0 Å². The SMILES string of the molecule is COc1ccc(Oc2nc(-c3ccccc3)cc(-c3ccccc3)c2C)cc1. The molecule has 0 saturated carbocycles. The van der Waals surface area contributed by atoms with E-state index in [2.05, 4.69) is 30.3 Å². The molecule has 3 aromatic carbocycles. The normalized spacial score (nSPS) is 10.5. The molecular formula is C25H21NO2. The molecule has 4 rings (SSSR count). The van der Waals surface area contributed by atoms with Crippen LogP contribution in [-0.4, -0.2) is 12.1 Å². The van der Waals surface area contributed by atoms with Gasteiger partial charge in [-0.2, -0.15) is 0 Å². The third-order valence-electron chi connectivity index (χ3n) is 4.66. The van der Waals surface area contributed by atoms with E-state index in [1.54, 1.807) is 7.11 Å². The maximum absolute atomic E-state index is 6.17. The summed E-state index contributed by atoms with van der Waals surface area (Å²) in [5, 5.41) is 0. The van der Waals surface area contributed by atoms with Gasteiger partial charge in [-0.3, -0.25) is 0 Å². The van der Waals surface area contributed by atoms with Gasteiger partial charge in [-0.25, -0.2) is 4.98 Å². The lowest BCUT2D eigenvalue weighted by molar-refractivity contribution is 0.412. The molecule has 138 valence electrons. The lowest BCUT2D eigenvalue weighted by Gasteiger charge is -2.15. The maximum atomic E-state index is 6.17. The van der Waals surface area contributed by atoms with Crippen LogP contribution in [0.15, 0.2) is 91.0 Å². The predicted octanol–water partition coefficient (Wildman–Crippen LogP) is 6.52. The number of benzene rings is 3. The Kier molecular flexibility index (Phi) is 5.07. The summed E-state index contributed by atoms with van der Waals surface area (Å²) in [5.74, 6) is 2.12. The van der Waals surface area contributed by atoms with Crippen molar-refractivity contribution < 1.29 is 9.47 Å². The number of methoxy groups -OCH3 is 1. The van der Waals surface area contributed by atoms with Crippen LogP contribution in [0, 0.1) is 6.92 Å². The highest BCUT2D eigenvalue weighted by molar-refractivity contribution is 5.75. The van der Waals surface area contributed by atoms with Gasteiger partial charge in [0.15, 0.2) is 0 Å². The fourth-order valence-electron chi connectivity index (χ4n) is 3.11. The molecule has 1 heterocycles. The summed E-state index contributed by atoms with van der Waals surface area (Å²) < 4.78 is 11.4. The van der Waals surface area contributed by atoms with Crippen molar-refractivity contribution in [2.75, 3.05) is 7.11 Å². The maximum Gasteiger partial charge on any atom is 0.223 e. The number of ether oxygens (including phenoxy) is 2. The molecule has 0 fully saturated rings. The molecule has 1 aromatic heterocycles. The van der Waals surface area contributed by atoms with Crippen LogP contribution in [0.25, 0.3) is 22.4 Å². The Bertz CT molecular complexity index is 1060. The Labute approximate surface area is 165 Å². The Morgan fingerprint density at radius 1 is 0.679 bits per heavy atom. The average Bonchev–Trinajstić information content (AvgIpc) is 2.77. The Hall–Kier alpha value is -3.59. The molecule has 0 spiro atoms. The van der Waals surface area contributed by atoms with Crippen LogP contribution in [0.1, 0.15) is 5.56 Å². The Morgan fingerprint density at radius 2 is 1.25 bits per heavy atom. The second-order valence-electron chi connectivity index (χ2n) is 6.49. The quantitative estimate of drug-likeness (QED) is 0.402. The van der Waals surface area contributed by atoms with Gasteiger partial charge < -0.3 is 9.47 Å². The summed E-state index contributed by atoms with van der Waals surface area (Å²) in [6.07, 6.45) is 0. The number of hydrogen-bond acceptors (Lipinski definition) is 3. The molecule has 0 aliphatic carbocycles. The van der Waals surface area contributed by atoms with Crippen LogP contribution in [0.2, 0.25) is 0 Å². The van der Waals surface area contributed by atoms with Crippen LogP contribution in [0.5, 0.6) is 17.4 Å². The summed E-state index contributed by atoms with van der Waals surface area (Å²) in [4.78, 5) is 4.81. The number of rotatable bonds is 5. The van der Waals surface area contributed by atoms with Crippen LogP contribution < -0.4 is 9.47 Å². The van der Waals surface area contributed by atoms with Crippen molar-refractivity contribution in [1.82, 2.24) is 4.98 Å². The van der Waals surface area contributed by atoms with E-state index in [9.17, 15) is 0 Å². The number of aromatic nitrogens is 1. The van der Waals surface area contributed by atoms with Gasteiger partial charge >= 0.3 is 0 Å². The summed E-state index contributed by atoms with van der Waals surface area (Å²) in [6, 6.07) is 30.1. The minimum Gasteiger partial charge on any atom is -0.497 e. The Balaban J connectivity index is 1.82. The first-order chi connectivity index (χ1) is 13.7. The number of hydrogen-bond donors (Lipinski definition) is 0. The molecule has 4 aromatic rings. The van der Waals surface area contributed by atoms with Crippen molar-refractivity contribution in [3.05, 3.63) is 96.6 Å². The van der Waals surface area contributed by atoms with Crippen molar-refractivity contribution in [2.45, 2.75) is 6.92 Å². The van der Waals surface area contributed by atoms with Crippen molar-refractivity contribution in [3.8, 4) is 39.8 Å². The molecule has 0 aliphatic heterocycles. The molecule has 0 N–H and O–H groups in total. The monoisotopic (exact) mass is 367 g/mol. The van der Waals surface area contributed by atoms with E-state index in [1.165, 1.54) is 0 Å². The third-order valence-corrected chi connectivity index (χ3v) is 4.66. The highest BCUT2D eigenvalue weighted by Crippen LogP contribution is 2.35. The molecule has 3 heteroatoms. The van der Waals surface area contributed by atoms with Crippen LogP contribution >= 0.6 is 0 Å². The van der Waals surface area contributed by atoms with Gasteiger partial charge in [0.25, 0.3) is 0 Å². The molecule has 0 saturated heterocycles. The fourth-order valence-corrected chi connectivity index (χ4v) is 3.11. The predicted molar refractivity (Wildman–Crippen MR) is 113 cm³/mol. The topological polar surface area (TPSA) is 31.4 Å². The molecule has 0 unspecified atom stereocenters. The van der Waals surface area contributed by atoms with E-state index in [4.69, 9.17) is 14.5 Å². The van der Waals surface area contributed by atoms with Crippen molar-refractivity contribution in [3.63, 3.8) is 0 Å². The highest BCUT2D eigenvalue weighted by Gasteiger charge is 2.14. The number of pyridine rings is 1. The van der Waals surface area contributed by atoms with Gasteiger partial charge in [0.05, 0.1) is 12.8 Å². The minimum atomic E-state index is 0.602. The molecule has 28 heavy (non-hydrogen) atoms. The smallest absolute Gasteiger partial charge is 0.223 e. The standard InChI is InChI=1S/C25H21NO2/c1-18-23(19-9-5-3-6-10-19)17-24(20-11-7-4-8-12-20)26-25(18)28-22-15-13-21(27-2)14-16-22/h3-17H,1-2H3. The number of nitrogens with zero attached hydrogens (tertiary/aromatic N) is 1. The second kappa shape index (κ2) is 7.97. The summed E-state index contributed by atoms with van der Waals surface area (Å²) in [5.41, 5.74) is 5.19. The lowest BCUT2D eigenvalue weighted by atomic mass is 9.99. The first-order valence-corrected chi connectivity index (χ1v) is 9.19. The van der Waals surface area contributed by atoms with E-state index in [0.717, 1.165) is 39.4 Å². The highest BCUT2D eigenvalue weighted by atomic mass is 16.5. The molecule has 3 nitrogen and oxygen atoms in total. The third kappa shape index (κ3) is 3.74. The first kappa shape index (κ1) is 17.8. The van der Waals surface area contributed by atoms with Crippen LogP contribution in [-0.2, 0) is 0 Å². The molecular weight excluding hydrogens is 346 g/mol. The zero-order valence-corrected chi connectivity index (χ0v) is 15.9. The zero-order chi connectivity index (χ0) is 19.3. The molecule has 0 radical (unpaired) electrons. The van der Waals surface area contributed by atoms with E-state index < -0.39 is 0 Å². The lowest BCUT2D eigenvalue weighted by Crippen LogP contribution is -1.97. The Morgan fingerprint density at radius 3 is 1.86 bits per heavy atom. The zero-order valence-electron chi connectivity index (χ0n) is 15.9. The molecule has 0 aliphatic rings. The van der Waals surface area contributed by atoms with Gasteiger partial charge in [-0.15, -0.1) is 0 Å². The van der Waals surface area contributed by atoms with Crippen molar-refractivity contribution in [1.29, 1.82) is 0 Å². The van der Waals surface area contributed by atoms with Crippen LogP contribution in [0.3, 0.4) is 0 Å². The molecule has 0 bridgehead atoms. The summed E-state index contributed by atoms with van der Waals surface area (Å²) in [6.45, 7) is 2.04.